The normalized spacial score (nSPS) is 13.1. The summed E-state index contributed by atoms with van der Waals surface area (Å²) in [6.45, 7) is 12.5. The summed E-state index contributed by atoms with van der Waals surface area (Å²) in [4.78, 5) is 43.2. The van der Waals surface area contributed by atoms with Gasteiger partial charge in [-0.3, -0.25) is 14.4 Å². The van der Waals surface area contributed by atoms with Crippen molar-refractivity contribution in [1.29, 1.82) is 0 Å². The Morgan fingerprint density at radius 2 is 1.74 bits per heavy atom. The van der Waals surface area contributed by atoms with Gasteiger partial charge in [0.15, 0.2) is 0 Å². The van der Waals surface area contributed by atoms with Crippen LogP contribution in [0.25, 0.3) is 0 Å². The number of amides is 4. The Morgan fingerprint density at radius 3 is 2.10 bits per heavy atom. The molecule has 9 nitrogen and oxygen atoms in total. The molecule has 10 heteroatoms. The second-order valence-electron chi connectivity index (χ2n) is 10.2. The maximum Gasteiger partial charge on any atom is 0.405 e. The third-order valence-electron chi connectivity index (χ3n) is 5.22. The van der Waals surface area contributed by atoms with Gasteiger partial charge in [0.2, 0.25) is 18.7 Å². The number of nitrogens with one attached hydrogen (secondary N) is 2. The number of hydrogen-bond acceptors (Lipinski definition) is 5. The predicted octanol–water partition coefficient (Wildman–Crippen LogP) is 4.80. The minimum atomic E-state index is -0.725. The van der Waals surface area contributed by atoms with Crippen molar-refractivity contribution >= 4 is 36.4 Å². The highest BCUT2D eigenvalue weighted by molar-refractivity contribution is 6.30. The van der Waals surface area contributed by atoms with Crippen LogP contribution in [-0.4, -0.2) is 62.5 Å². The zero-order chi connectivity index (χ0) is 30.3. The minimum Gasteiger partial charge on any atom is -0.444 e. The first-order valence-corrected chi connectivity index (χ1v) is 13.6. The fourth-order valence-electron chi connectivity index (χ4n) is 2.87. The molecular weight excluding hydrogens is 520 g/mol. The first-order valence-electron chi connectivity index (χ1n) is 13.2. The molecule has 4 N–H and O–H groups in total. The number of likely N-dealkylation sites (N-methyl/N-ethyl adjacent to an activating group) is 1. The molecule has 1 aromatic carbocycles. The number of benzene rings is 1. The van der Waals surface area contributed by atoms with Crippen molar-refractivity contribution in [1.82, 2.24) is 15.5 Å². The Hall–Kier alpha value is -3.07. The van der Waals surface area contributed by atoms with Gasteiger partial charge in [-0.05, 0) is 70.3 Å². The summed E-state index contributed by atoms with van der Waals surface area (Å²) in [6.07, 6.45) is 8.36. The summed E-state index contributed by atoms with van der Waals surface area (Å²) in [5.74, 6) is 1.34. The first-order chi connectivity index (χ1) is 18.3. The van der Waals surface area contributed by atoms with E-state index in [0.29, 0.717) is 25.4 Å². The Labute approximate surface area is 239 Å². The molecular formula is C29H49ClN4O5. The molecule has 0 heterocycles. The molecule has 1 aliphatic rings. The van der Waals surface area contributed by atoms with E-state index < -0.39 is 17.1 Å². The minimum absolute atomic E-state index is 0.0670. The van der Waals surface area contributed by atoms with Gasteiger partial charge in [-0.1, -0.05) is 43.3 Å². The van der Waals surface area contributed by atoms with E-state index in [0.717, 1.165) is 37.2 Å². The molecule has 39 heavy (non-hydrogen) atoms. The van der Waals surface area contributed by atoms with E-state index in [2.05, 4.69) is 28.9 Å². The highest BCUT2D eigenvalue weighted by Gasteiger charge is 2.21. The molecule has 1 aromatic rings. The number of alkyl halides is 1. The number of nitrogens with two attached hydrogens (primary N) is 1. The molecule has 4 amide bonds. The van der Waals surface area contributed by atoms with Gasteiger partial charge < -0.3 is 26.0 Å². The smallest absolute Gasteiger partial charge is 0.405 e. The van der Waals surface area contributed by atoms with Crippen molar-refractivity contribution in [3.63, 3.8) is 0 Å². The van der Waals surface area contributed by atoms with Crippen LogP contribution >= 0.6 is 11.6 Å². The van der Waals surface area contributed by atoms with Gasteiger partial charge in [0.05, 0.1) is 0 Å². The summed E-state index contributed by atoms with van der Waals surface area (Å²) in [6, 6.07) is 9.40. The maximum absolute atomic E-state index is 12.3. The Bertz CT molecular complexity index is 814. The number of ether oxygens (including phenoxy) is 1. The van der Waals surface area contributed by atoms with Gasteiger partial charge in [0.25, 0.3) is 0 Å². The highest BCUT2D eigenvalue weighted by atomic mass is 35.5. The number of rotatable bonds is 12. The summed E-state index contributed by atoms with van der Waals surface area (Å²) >= 11 is 6.25. The van der Waals surface area contributed by atoms with Crippen molar-refractivity contribution in [2.24, 2.45) is 17.6 Å². The number of allylic oxidation sites excluding steroid dienone is 1. The van der Waals surface area contributed by atoms with Gasteiger partial charge in [-0.25, -0.2) is 4.79 Å². The van der Waals surface area contributed by atoms with Crippen molar-refractivity contribution < 1.29 is 23.9 Å². The summed E-state index contributed by atoms with van der Waals surface area (Å²) in [7, 11) is 3.36. The van der Waals surface area contributed by atoms with E-state index in [9.17, 15) is 14.4 Å². The highest BCUT2D eigenvalue weighted by Crippen LogP contribution is 2.29. The zero-order valence-electron chi connectivity index (χ0n) is 24.5. The number of nitrogens with zero attached hydrogens (tertiary/aromatic N) is 1. The lowest BCUT2D eigenvalue weighted by Crippen LogP contribution is -2.31. The van der Waals surface area contributed by atoms with Gasteiger partial charge >= 0.3 is 6.09 Å². The first kappa shape index (κ1) is 38.1. The predicted molar refractivity (Wildman–Crippen MR) is 158 cm³/mol. The Balaban J connectivity index is 0. The van der Waals surface area contributed by atoms with E-state index in [1.54, 1.807) is 39.8 Å². The topological polar surface area (TPSA) is 131 Å². The second kappa shape index (κ2) is 22.9. The summed E-state index contributed by atoms with van der Waals surface area (Å²) < 4.78 is 4.58. The molecule has 0 aromatic heterocycles. The van der Waals surface area contributed by atoms with Gasteiger partial charge in [-0.2, -0.15) is 0 Å². The quantitative estimate of drug-likeness (QED) is 0.144. The molecule has 0 radical (unpaired) electrons. The lowest BCUT2D eigenvalue weighted by Gasteiger charge is -2.22. The van der Waals surface area contributed by atoms with Crippen LogP contribution in [0, 0.1) is 11.8 Å². The van der Waals surface area contributed by atoms with Crippen LogP contribution in [0.1, 0.15) is 70.7 Å². The van der Waals surface area contributed by atoms with E-state index >= 15 is 0 Å². The molecule has 2 unspecified atom stereocenters. The van der Waals surface area contributed by atoms with Gasteiger partial charge in [0.1, 0.15) is 11.0 Å². The van der Waals surface area contributed by atoms with Crippen molar-refractivity contribution in [3.8, 4) is 0 Å². The largest absolute Gasteiger partial charge is 0.444 e. The number of carbonyl (C=O) groups is 4. The van der Waals surface area contributed by atoms with Crippen LogP contribution in [0.2, 0.25) is 0 Å². The van der Waals surface area contributed by atoms with Crippen molar-refractivity contribution in [2.45, 2.75) is 70.8 Å². The molecule has 0 spiro atoms. The van der Waals surface area contributed by atoms with Crippen LogP contribution in [0.4, 0.5) is 4.79 Å². The molecule has 2 rings (SSSR count). The maximum atomic E-state index is 12.3. The monoisotopic (exact) mass is 568 g/mol. The van der Waals surface area contributed by atoms with E-state index in [1.165, 1.54) is 12.8 Å². The van der Waals surface area contributed by atoms with E-state index in [-0.39, 0.29) is 5.91 Å². The number of hydrogen-bond donors (Lipinski definition) is 3. The number of primary amides is 1. The van der Waals surface area contributed by atoms with Gasteiger partial charge in [0, 0.05) is 27.2 Å². The van der Waals surface area contributed by atoms with E-state index in [1.807, 2.05) is 36.4 Å². The van der Waals surface area contributed by atoms with Crippen LogP contribution < -0.4 is 16.4 Å². The average molecular weight is 569 g/mol. The Morgan fingerprint density at radius 1 is 1.18 bits per heavy atom. The standard InChI is InChI=1S/C17H25ClN2O2.C5H11NO2.C5H8.C2H5NO/c1-14(7-6-11-19-13-21)10-12-20(2)17(22)16(18)15-8-4-3-5-9-15;1-5(2,3)8-4(6)7;1-2-5-3-4-5;1-3-2-4/h3-5,8-9,13-14,16H,6-7,10-12H2,1-2H3,(H,19,21);1-3H3,(H2,6,7);2,5H,1,3-4H2;2H,1H3,(H,3,4). The molecule has 0 bridgehead atoms. The van der Waals surface area contributed by atoms with Crippen molar-refractivity contribution in [3.05, 3.63) is 48.6 Å². The molecule has 1 saturated carbocycles. The lowest BCUT2D eigenvalue weighted by molar-refractivity contribution is -0.129. The fourth-order valence-corrected chi connectivity index (χ4v) is 3.18. The van der Waals surface area contributed by atoms with E-state index in [4.69, 9.17) is 22.1 Å². The van der Waals surface area contributed by atoms with Crippen LogP contribution in [0.15, 0.2) is 43.0 Å². The second-order valence-corrected chi connectivity index (χ2v) is 10.6. The van der Waals surface area contributed by atoms with Crippen molar-refractivity contribution in [2.75, 3.05) is 27.2 Å². The zero-order valence-corrected chi connectivity index (χ0v) is 25.2. The lowest BCUT2D eigenvalue weighted by atomic mass is 10.0. The fraction of sp³-hybridized carbons (Fsp3) is 0.586. The molecule has 1 fully saturated rings. The molecule has 0 aliphatic heterocycles. The Kier molecular flexibility index (Phi) is 22.3. The molecule has 0 saturated heterocycles. The molecule has 1 aliphatic carbocycles. The molecule has 2 atom stereocenters. The number of halogens is 1. The molecule has 222 valence electrons. The SMILES string of the molecule is C=CC1CC1.CC(C)(C)OC(N)=O.CC(CCCNC=O)CCN(C)C(=O)C(Cl)c1ccccc1.CNC=O. The third kappa shape index (κ3) is 25.0. The van der Waals surface area contributed by atoms with Crippen LogP contribution in [0.3, 0.4) is 0 Å². The number of carbonyl (C=O) groups excluding carboxylic acids is 4. The summed E-state index contributed by atoms with van der Waals surface area (Å²) in [5.41, 5.74) is 5.09. The summed E-state index contributed by atoms with van der Waals surface area (Å²) in [5, 5.41) is 4.28. The third-order valence-corrected chi connectivity index (χ3v) is 5.66. The van der Waals surface area contributed by atoms with Crippen LogP contribution in [0.5, 0.6) is 0 Å². The van der Waals surface area contributed by atoms with Crippen LogP contribution in [-0.2, 0) is 19.1 Å². The average Bonchev–Trinajstić information content (AvgIpc) is 3.74. The van der Waals surface area contributed by atoms with Gasteiger partial charge in [-0.15, -0.1) is 18.2 Å².